The lowest BCUT2D eigenvalue weighted by molar-refractivity contribution is 0.0692. The fraction of sp³-hybridized carbons (Fsp3) is 0.545. The van der Waals surface area contributed by atoms with Crippen molar-refractivity contribution in [2.75, 3.05) is 0 Å². The Kier molecular flexibility index (Phi) is 4.74. The highest BCUT2D eigenvalue weighted by atomic mass is 16.4. The van der Waals surface area contributed by atoms with Crippen molar-refractivity contribution in [2.24, 2.45) is 0 Å². The molecule has 1 aromatic heterocycles. The summed E-state index contributed by atoms with van der Waals surface area (Å²) in [5.74, 6) is -0.0960. The quantitative estimate of drug-likeness (QED) is 0.744. The minimum atomic E-state index is -0.778. The van der Waals surface area contributed by atoms with Gasteiger partial charge in [0.1, 0.15) is 0 Å². The fourth-order valence-corrected chi connectivity index (χ4v) is 4.97. The van der Waals surface area contributed by atoms with E-state index in [9.17, 15) is 9.90 Å². The molecule has 0 saturated heterocycles. The minimum absolute atomic E-state index is 0.312. The highest BCUT2D eigenvalue weighted by Gasteiger charge is 2.30. The van der Waals surface area contributed by atoms with Crippen LogP contribution in [0.4, 0.5) is 0 Å². The molecule has 0 bridgehead atoms. The molecule has 2 saturated carbocycles. The van der Waals surface area contributed by atoms with E-state index in [1.54, 1.807) is 0 Å². The van der Waals surface area contributed by atoms with E-state index in [-0.39, 0.29) is 0 Å². The van der Waals surface area contributed by atoms with Gasteiger partial charge in [-0.05, 0) is 43.2 Å². The van der Waals surface area contributed by atoms with Crippen LogP contribution >= 0.6 is 0 Å². The second kappa shape index (κ2) is 7.15. The van der Waals surface area contributed by atoms with Crippen LogP contribution in [0.5, 0.6) is 0 Å². The highest BCUT2D eigenvalue weighted by molar-refractivity contribution is 5.98. The second-order valence-electron chi connectivity index (χ2n) is 7.78. The Hall–Kier alpha value is -1.90. The Bertz CT molecular complexity index is 771. The number of benzene rings is 1. The van der Waals surface area contributed by atoms with E-state index in [2.05, 4.69) is 12.1 Å². The molecule has 25 heavy (non-hydrogen) atoms. The molecule has 0 aliphatic heterocycles. The Morgan fingerprint density at radius 1 is 0.880 bits per heavy atom. The van der Waals surface area contributed by atoms with Gasteiger partial charge in [-0.15, -0.1) is 0 Å². The summed E-state index contributed by atoms with van der Waals surface area (Å²) in [5.41, 5.74) is 3.47. The van der Waals surface area contributed by atoms with E-state index < -0.39 is 5.97 Å². The largest absolute Gasteiger partial charge is 0.478 e. The number of fused-ring (bicyclic) bond motifs is 1. The molecule has 0 unspecified atom stereocenters. The maximum absolute atomic E-state index is 12.3. The topological polar surface area (TPSA) is 50.2 Å². The van der Waals surface area contributed by atoms with Crippen molar-refractivity contribution < 1.29 is 9.90 Å². The standard InChI is InChI=1S/C22H27NO2/c24-22(25)20-19(15-9-3-1-4-10-15)17-13-7-8-14-18(17)23-21(20)16-11-5-2-6-12-16/h7-8,13-16H,1-6,9-12H2,(H,24,25). The first-order chi connectivity index (χ1) is 12.3. The van der Waals surface area contributed by atoms with Gasteiger partial charge in [0.25, 0.3) is 0 Å². The van der Waals surface area contributed by atoms with Gasteiger partial charge in [-0.1, -0.05) is 56.7 Å². The summed E-state index contributed by atoms with van der Waals surface area (Å²) >= 11 is 0. The predicted octanol–water partition coefficient (Wildman–Crippen LogP) is 6.03. The van der Waals surface area contributed by atoms with Gasteiger partial charge in [0.2, 0.25) is 0 Å². The van der Waals surface area contributed by atoms with Gasteiger partial charge >= 0.3 is 5.97 Å². The summed E-state index contributed by atoms with van der Waals surface area (Å²) in [6, 6.07) is 8.16. The number of carbonyl (C=O) groups is 1. The van der Waals surface area contributed by atoms with Gasteiger partial charge < -0.3 is 5.11 Å². The van der Waals surface area contributed by atoms with Crippen molar-refractivity contribution in [3.63, 3.8) is 0 Å². The maximum Gasteiger partial charge on any atom is 0.337 e. The highest BCUT2D eigenvalue weighted by Crippen LogP contribution is 2.42. The molecular weight excluding hydrogens is 310 g/mol. The second-order valence-corrected chi connectivity index (χ2v) is 7.78. The maximum atomic E-state index is 12.3. The molecule has 1 heterocycles. The molecule has 4 rings (SSSR count). The molecule has 0 spiro atoms. The smallest absolute Gasteiger partial charge is 0.337 e. The van der Waals surface area contributed by atoms with Crippen molar-refractivity contribution in [3.05, 3.63) is 41.1 Å². The van der Waals surface area contributed by atoms with E-state index in [0.29, 0.717) is 17.4 Å². The molecule has 1 N–H and O–H groups in total. The Balaban J connectivity index is 1.94. The normalized spacial score (nSPS) is 20.0. The molecule has 132 valence electrons. The Morgan fingerprint density at radius 3 is 2.12 bits per heavy atom. The predicted molar refractivity (Wildman–Crippen MR) is 100 cm³/mol. The zero-order valence-corrected chi connectivity index (χ0v) is 14.8. The number of aromatic carboxylic acids is 1. The molecule has 1 aromatic carbocycles. The van der Waals surface area contributed by atoms with Crippen LogP contribution in [0.1, 0.15) is 97.7 Å². The van der Waals surface area contributed by atoms with E-state index >= 15 is 0 Å². The van der Waals surface area contributed by atoms with E-state index in [1.807, 2.05) is 12.1 Å². The number of rotatable bonds is 3. The SMILES string of the molecule is O=C(O)c1c(C2CCCCC2)nc2ccccc2c1C1CCCCC1. The van der Waals surface area contributed by atoms with E-state index in [0.717, 1.165) is 47.8 Å². The lowest BCUT2D eigenvalue weighted by Gasteiger charge is -2.29. The van der Waals surface area contributed by atoms with Gasteiger partial charge in [0.05, 0.1) is 16.8 Å². The Morgan fingerprint density at radius 2 is 1.48 bits per heavy atom. The van der Waals surface area contributed by atoms with Gasteiger partial charge in [-0.3, -0.25) is 4.98 Å². The zero-order chi connectivity index (χ0) is 17.2. The monoisotopic (exact) mass is 337 g/mol. The van der Waals surface area contributed by atoms with Crippen LogP contribution in [0.3, 0.4) is 0 Å². The molecule has 2 aliphatic carbocycles. The summed E-state index contributed by atoms with van der Waals surface area (Å²) in [5, 5.41) is 11.2. The molecule has 2 aromatic rings. The molecule has 3 nitrogen and oxygen atoms in total. The van der Waals surface area contributed by atoms with Crippen molar-refractivity contribution in [1.82, 2.24) is 4.98 Å². The van der Waals surface area contributed by atoms with Crippen LogP contribution in [0.25, 0.3) is 10.9 Å². The van der Waals surface area contributed by atoms with Crippen LogP contribution in [-0.2, 0) is 0 Å². The third-order valence-electron chi connectivity index (χ3n) is 6.18. The average Bonchev–Trinajstić information content (AvgIpc) is 2.67. The van der Waals surface area contributed by atoms with E-state index in [4.69, 9.17) is 4.98 Å². The van der Waals surface area contributed by atoms with Gasteiger partial charge in [0.15, 0.2) is 0 Å². The first-order valence-corrected chi connectivity index (χ1v) is 9.91. The average molecular weight is 337 g/mol. The number of hydrogen-bond donors (Lipinski definition) is 1. The van der Waals surface area contributed by atoms with Crippen LogP contribution in [0, 0.1) is 0 Å². The number of para-hydroxylation sites is 1. The summed E-state index contributed by atoms with van der Waals surface area (Å²) in [6.07, 6.45) is 11.7. The van der Waals surface area contributed by atoms with Crippen molar-refractivity contribution >= 4 is 16.9 Å². The lowest BCUT2D eigenvalue weighted by Crippen LogP contribution is -2.18. The fourth-order valence-electron chi connectivity index (χ4n) is 4.97. The van der Waals surface area contributed by atoms with Gasteiger partial charge in [-0.2, -0.15) is 0 Å². The van der Waals surface area contributed by atoms with Crippen molar-refractivity contribution in [1.29, 1.82) is 0 Å². The van der Waals surface area contributed by atoms with Crippen LogP contribution in [0.2, 0.25) is 0 Å². The van der Waals surface area contributed by atoms with Crippen LogP contribution in [0.15, 0.2) is 24.3 Å². The van der Waals surface area contributed by atoms with Crippen molar-refractivity contribution in [3.8, 4) is 0 Å². The summed E-state index contributed by atoms with van der Waals surface area (Å²) in [6.45, 7) is 0. The first kappa shape index (κ1) is 16.6. The third-order valence-corrected chi connectivity index (χ3v) is 6.18. The lowest BCUT2D eigenvalue weighted by atomic mass is 9.77. The number of carboxylic acid groups (broad SMARTS) is 1. The molecule has 0 radical (unpaired) electrons. The number of pyridine rings is 1. The molecule has 3 heteroatoms. The zero-order valence-electron chi connectivity index (χ0n) is 14.8. The van der Waals surface area contributed by atoms with E-state index in [1.165, 1.54) is 38.5 Å². The summed E-state index contributed by atoms with van der Waals surface area (Å²) < 4.78 is 0. The summed E-state index contributed by atoms with van der Waals surface area (Å²) in [7, 11) is 0. The molecule has 2 fully saturated rings. The number of hydrogen-bond acceptors (Lipinski definition) is 2. The van der Waals surface area contributed by atoms with Crippen LogP contribution < -0.4 is 0 Å². The summed E-state index contributed by atoms with van der Waals surface area (Å²) in [4.78, 5) is 17.2. The first-order valence-electron chi connectivity index (χ1n) is 9.91. The molecule has 2 aliphatic rings. The molecular formula is C22H27NO2. The number of aromatic nitrogens is 1. The number of nitrogens with zero attached hydrogens (tertiary/aromatic N) is 1. The third kappa shape index (κ3) is 3.17. The molecule has 0 atom stereocenters. The Labute approximate surface area is 149 Å². The van der Waals surface area contributed by atoms with Gasteiger partial charge in [-0.25, -0.2) is 4.79 Å². The van der Waals surface area contributed by atoms with Crippen LogP contribution in [-0.4, -0.2) is 16.1 Å². The number of carboxylic acids is 1. The van der Waals surface area contributed by atoms with Crippen molar-refractivity contribution in [2.45, 2.75) is 76.0 Å². The molecule has 0 amide bonds. The minimum Gasteiger partial charge on any atom is -0.478 e. The van der Waals surface area contributed by atoms with Gasteiger partial charge in [0, 0.05) is 11.3 Å².